The Kier molecular flexibility index (Phi) is 5.73. The fourth-order valence-electron chi connectivity index (χ4n) is 2.54. The van der Waals surface area contributed by atoms with E-state index in [1.807, 2.05) is 6.92 Å². The summed E-state index contributed by atoms with van der Waals surface area (Å²) < 4.78 is 15.9. The number of esters is 1. The lowest BCUT2D eigenvalue weighted by Gasteiger charge is -2.11. The van der Waals surface area contributed by atoms with Gasteiger partial charge in [0.15, 0.2) is 18.1 Å². The summed E-state index contributed by atoms with van der Waals surface area (Å²) in [6.07, 6.45) is 0.638. The van der Waals surface area contributed by atoms with Gasteiger partial charge in [-0.25, -0.2) is 4.79 Å². The Bertz CT molecular complexity index is 909. The van der Waals surface area contributed by atoms with Crippen LogP contribution < -0.4 is 14.8 Å². The van der Waals surface area contributed by atoms with Gasteiger partial charge < -0.3 is 19.5 Å². The minimum absolute atomic E-state index is 0.0642. The van der Waals surface area contributed by atoms with E-state index >= 15 is 0 Å². The second kappa shape index (κ2) is 8.38. The van der Waals surface area contributed by atoms with Gasteiger partial charge in [-0.15, -0.1) is 0 Å². The van der Waals surface area contributed by atoms with Crippen LogP contribution in [0.1, 0.15) is 22.3 Å². The number of benzene rings is 2. The van der Waals surface area contributed by atoms with Crippen LogP contribution in [0.25, 0.3) is 0 Å². The minimum atomic E-state index is -0.710. The largest absolute Gasteiger partial charge is 0.489 e. The van der Waals surface area contributed by atoms with Crippen LogP contribution in [0, 0.1) is 17.0 Å². The molecule has 3 rings (SSSR count). The Morgan fingerprint density at radius 1 is 1.14 bits per heavy atom. The molecule has 1 amide bonds. The van der Waals surface area contributed by atoms with E-state index in [1.54, 1.807) is 24.3 Å². The molecular weight excluding hydrogens is 368 g/mol. The molecule has 28 heavy (non-hydrogen) atoms. The normalized spacial score (nSPS) is 12.6. The maximum atomic E-state index is 12.1. The number of nitrogens with zero attached hydrogens (tertiary/aromatic N) is 1. The van der Waals surface area contributed by atoms with Gasteiger partial charge in [0.2, 0.25) is 0 Å². The number of nitrogens with one attached hydrogen (secondary N) is 1. The first-order valence-corrected chi connectivity index (χ1v) is 8.56. The molecule has 0 radical (unpaired) electrons. The third-order valence-corrected chi connectivity index (χ3v) is 3.96. The maximum Gasteiger partial charge on any atom is 0.338 e. The summed E-state index contributed by atoms with van der Waals surface area (Å²) in [4.78, 5) is 34.8. The first-order chi connectivity index (χ1) is 13.4. The van der Waals surface area contributed by atoms with Crippen LogP contribution in [0.5, 0.6) is 11.5 Å². The van der Waals surface area contributed by atoms with E-state index in [0.717, 1.165) is 5.56 Å². The molecule has 0 aliphatic carbocycles. The molecule has 0 saturated carbocycles. The van der Waals surface area contributed by atoms with Crippen LogP contribution in [-0.4, -0.2) is 36.6 Å². The van der Waals surface area contributed by atoms with Crippen LogP contribution in [0.3, 0.4) is 0 Å². The molecule has 2 aromatic carbocycles. The summed E-state index contributed by atoms with van der Waals surface area (Å²) in [5.74, 6) is -0.829. The zero-order valence-corrected chi connectivity index (χ0v) is 15.1. The van der Waals surface area contributed by atoms with Gasteiger partial charge in [-0.05, 0) is 19.1 Å². The average molecular weight is 386 g/mol. The van der Waals surface area contributed by atoms with Gasteiger partial charge >= 0.3 is 5.97 Å². The highest BCUT2D eigenvalue weighted by molar-refractivity contribution is 5.97. The summed E-state index contributed by atoms with van der Waals surface area (Å²) >= 11 is 0. The average Bonchev–Trinajstić information content (AvgIpc) is 2.90. The number of amides is 1. The van der Waals surface area contributed by atoms with E-state index in [1.165, 1.54) is 12.1 Å². The van der Waals surface area contributed by atoms with E-state index in [2.05, 4.69) is 5.32 Å². The second-order valence-electron chi connectivity index (χ2n) is 6.11. The molecule has 0 unspecified atom stereocenters. The molecule has 146 valence electrons. The molecule has 0 aromatic heterocycles. The van der Waals surface area contributed by atoms with Crippen LogP contribution in [0.2, 0.25) is 0 Å². The number of carbonyl (C=O) groups excluding carboxylic acids is 2. The number of nitro groups is 1. The van der Waals surface area contributed by atoms with Crippen LogP contribution in [-0.2, 0) is 9.53 Å². The highest BCUT2D eigenvalue weighted by Gasteiger charge is 2.23. The Labute approximate surface area is 160 Å². The van der Waals surface area contributed by atoms with Crippen molar-refractivity contribution in [2.24, 2.45) is 0 Å². The molecule has 1 aliphatic rings. The van der Waals surface area contributed by atoms with E-state index in [9.17, 15) is 19.7 Å². The van der Waals surface area contributed by atoms with Crippen LogP contribution in [0.15, 0.2) is 36.4 Å². The summed E-state index contributed by atoms with van der Waals surface area (Å²) in [6.45, 7) is 2.07. The number of hydrogen-bond donors (Lipinski definition) is 1. The quantitative estimate of drug-likeness (QED) is 0.477. The van der Waals surface area contributed by atoms with Crippen molar-refractivity contribution in [3.8, 4) is 11.5 Å². The van der Waals surface area contributed by atoms with Crippen molar-refractivity contribution in [2.45, 2.75) is 13.3 Å². The number of rotatable bonds is 5. The van der Waals surface area contributed by atoms with Crippen molar-refractivity contribution in [1.82, 2.24) is 0 Å². The summed E-state index contributed by atoms with van der Waals surface area (Å²) in [6, 6.07) is 9.21. The second-order valence-corrected chi connectivity index (χ2v) is 6.11. The third-order valence-electron chi connectivity index (χ3n) is 3.96. The van der Waals surface area contributed by atoms with Crippen LogP contribution >= 0.6 is 0 Å². The van der Waals surface area contributed by atoms with Gasteiger partial charge in [-0.2, -0.15) is 0 Å². The topological polar surface area (TPSA) is 117 Å². The van der Waals surface area contributed by atoms with Crippen molar-refractivity contribution in [3.63, 3.8) is 0 Å². The number of hydrogen-bond acceptors (Lipinski definition) is 7. The highest BCUT2D eigenvalue weighted by atomic mass is 16.6. The third kappa shape index (κ3) is 4.56. The van der Waals surface area contributed by atoms with Crippen molar-refractivity contribution in [3.05, 3.63) is 57.6 Å². The molecule has 9 nitrogen and oxygen atoms in total. The van der Waals surface area contributed by atoms with Gasteiger partial charge in [-0.1, -0.05) is 17.7 Å². The van der Waals surface area contributed by atoms with Gasteiger partial charge in [0.05, 0.1) is 29.8 Å². The van der Waals surface area contributed by atoms with Gasteiger partial charge in [0, 0.05) is 12.5 Å². The Balaban J connectivity index is 1.69. The first kappa shape index (κ1) is 19.2. The molecule has 0 saturated heterocycles. The first-order valence-electron chi connectivity index (χ1n) is 8.56. The molecular formula is C19H18N2O7. The Morgan fingerprint density at radius 2 is 1.79 bits per heavy atom. The van der Waals surface area contributed by atoms with E-state index in [4.69, 9.17) is 14.2 Å². The molecule has 9 heteroatoms. The predicted molar refractivity (Wildman–Crippen MR) is 98.8 cm³/mol. The molecule has 1 N–H and O–H groups in total. The fourth-order valence-corrected chi connectivity index (χ4v) is 2.54. The molecule has 1 heterocycles. The number of aryl methyl sites for hydroxylation is 1. The lowest BCUT2D eigenvalue weighted by Crippen LogP contribution is -2.21. The van der Waals surface area contributed by atoms with Crippen molar-refractivity contribution < 1.29 is 28.7 Å². The minimum Gasteiger partial charge on any atom is -0.489 e. The van der Waals surface area contributed by atoms with Crippen molar-refractivity contribution in [1.29, 1.82) is 0 Å². The molecule has 0 spiro atoms. The lowest BCUT2D eigenvalue weighted by atomic mass is 10.1. The molecule has 2 aromatic rings. The van der Waals surface area contributed by atoms with Gasteiger partial charge in [0.25, 0.3) is 11.6 Å². The molecule has 1 aliphatic heterocycles. The molecule has 0 atom stereocenters. The zero-order chi connectivity index (χ0) is 20.1. The summed E-state index contributed by atoms with van der Waals surface area (Å²) in [5.41, 5.74) is 0.879. The number of anilines is 1. The number of carbonyl (C=O) groups is 2. The fraction of sp³-hybridized carbons (Fsp3) is 0.263. The monoisotopic (exact) mass is 386 g/mol. The highest BCUT2D eigenvalue weighted by Crippen LogP contribution is 2.39. The lowest BCUT2D eigenvalue weighted by molar-refractivity contribution is -0.384. The predicted octanol–water partition coefficient (Wildman–Crippen LogP) is 2.86. The smallest absolute Gasteiger partial charge is 0.338 e. The van der Waals surface area contributed by atoms with E-state index in [-0.39, 0.29) is 17.1 Å². The number of nitro benzene ring substituents is 1. The Hall–Kier alpha value is -3.62. The van der Waals surface area contributed by atoms with Crippen molar-refractivity contribution >= 4 is 23.3 Å². The van der Waals surface area contributed by atoms with E-state index < -0.39 is 23.4 Å². The maximum absolute atomic E-state index is 12.1. The van der Waals surface area contributed by atoms with Gasteiger partial charge in [-0.3, -0.25) is 14.9 Å². The molecule has 0 bridgehead atoms. The number of ether oxygens (including phenoxy) is 3. The number of fused-ring (bicyclic) bond motifs is 1. The van der Waals surface area contributed by atoms with Gasteiger partial charge in [0.1, 0.15) is 5.69 Å². The van der Waals surface area contributed by atoms with Crippen molar-refractivity contribution in [2.75, 3.05) is 25.1 Å². The molecule has 0 fully saturated rings. The Morgan fingerprint density at radius 3 is 2.43 bits per heavy atom. The SMILES string of the molecule is Cc1ccc(C(=O)OCC(=O)Nc2cc3c(cc2[N+](=O)[O-])OCCCO3)cc1. The summed E-state index contributed by atoms with van der Waals surface area (Å²) in [5, 5.41) is 13.7. The van der Waals surface area contributed by atoms with Crippen LogP contribution in [0.4, 0.5) is 11.4 Å². The standard InChI is InChI=1S/C19H18N2O7/c1-12-3-5-13(6-4-12)19(23)28-11-18(22)20-14-9-16-17(10-15(14)21(24)25)27-8-2-7-26-16/h3-6,9-10H,2,7-8,11H2,1H3,(H,20,22). The van der Waals surface area contributed by atoms with E-state index in [0.29, 0.717) is 30.9 Å². The zero-order valence-electron chi connectivity index (χ0n) is 15.1. The summed E-state index contributed by atoms with van der Waals surface area (Å²) in [7, 11) is 0.